The zero-order valence-electron chi connectivity index (χ0n) is 11.1. The molecule has 0 fully saturated rings. The zero-order valence-corrected chi connectivity index (χ0v) is 12.7. The Morgan fingerprint density at radius 1 is 1.10 bits per heavy atom. The Morgan fingerprint density at radius 3 is 2.55 bits per heavy atom. The molecule has 0 radical (unpaired) electrons. The Hall–Kier alpha value is -1.70. The quantitative estimate of drug-likeness (QED) is 0.803. The highest BCUT2D eigenvalue weighted by atomic mass is 32.1. The summed E-state index contributed by atoms with van der Waals surface area (Å²) in [6.45, 7) is 1.94. The summed E-state index contributed by atoms with van der Waals surface area (Å²) >= 11 is 2.94. The molecule has 5 nitrogen and oxygen atoms in total. The third kappa shape index (κ3) is 2.47. The van der Waals surface area contributed by atoms with Gasteiger partial charge in [0.15, 0.2) is 5.01 Å². The smallest absolute Gasteiger partial charge is 0.161 e. The molecule has 2 heterocycles. The molecule has 2 aromatic heterocycles. The Bertz CT molecular complexity index is 692. The van der Waals surface area contributed by atoms with Crippen LogP contribution in [0.3, 0.4) is 0 Å². The lowest BCUT2D eigenvalue weighted by molar-refractivity contribution is 0.678. The fourth-order valence-electron chi connectivity index (χ4n) is 1.95. The SMILES string of the molecule is CNC(c1ccccc1)c1nnc(-c2snnc2C)s1. The molecule has 7 heteroatoms. The lowest BCUT2D eigenvalue weighted by Crippen LogP contribution is -2.17. The van der Waals surface area contributed by atoms with E-state index in [1.165, 1.54) is 17.1 Å². The zero-order chi connectivity index (χ0) is 13.9. The van der Waals surface area contributed by atoms with Crippen LogP contribution < -0.4 is 5.32 Å². The first kappa shape index (κ1) is 13.3. The van der Waals surface area contributed by atoms with Gasteiger partial charge < -0.3 is 5.32 Å². The van der Waals surface area contributed by atoms with E-state index in [9.17, 15) is 0 Å². The molecule has 102 valence electrons. The van der Waals surface area contributed by atoms with E-state index in [4.69, 9.17) is 0 Å². The van der Waals surface area contributed by atoms with Crippen molar-refractivity contribution in [3.05, 3.63) is 46.6 Å². The van der Waals surface area contributed by atoms with Gasteiger partial charge in [-0.2, -0.15) is 0 Å². The van der Waals surface area contributed by atoms with Crippen molar-refractivity contribution in [3.8, 4) is 9.88 Å². The number of aromatic nitrogens is 4. The normalized spacial score (nSPS) is 12.5. The minimum absolute atomic E-state index is 0.0589. The lowest BCUT2D eigenvalue weighted by Gasteiger charge is -2.12. The third-order valence-corrected chi connectivity index (χ3v) is 4.92. The summed E-state index contributed by atoms with van der Waals surface area (Å²) in [6, 6.07) is 10.3. The molecule has 1 atom stereocenters. The maximum atomic E-state index is 4.32. The molecule has 1 unspecified atom stereocenters. The van der Waals surface area contributed by atoms with Gasteiger partial charge in [-0.25, -0.2) is 0 Å². The molecule has 1 N–H and O–H groups in total. The molecule has 0 saturated carbocycles. The average molecular weight is 303 g/mol. The molecule has 0 spiro atoms. The second-order valence-corrected chi connectivity index (χ2v) is 6.03. The van der Waals surface area contributed by atoms with Crippen LogP contribution in [0.15, 0.2) is 30.3 Å². The Morgan fingerprint density at radius 2 is 1.90 bits per heavy atom. The van der Waals surface area contributed by atoms with Gasteiger partial charge in [-0.3, -0.25) is 0 Å². The summed E-state index contributed by atoms with van der Waals surface area (Å²) in [7, 11) is 1.93. The van der Waals surface area contributed by atoms with Crippen molar-refractivity contribution in [1.29, 1.82) is 0 Å². The summed E-state index contributed by atoms with van der Waals surface area (Å²) in [4.78, 5) is 0.997. The van der Waals surface area contributed by atoms with Gasteiger partial charge in [0.2, 0.25) is 0 Å². The molecular formula is C13H13N5S2. The maximum Gasteiger partial charge on any atom is 0.161 e. The second kappa shape index (κ2) is 5.74. The fourth-order valence-corrected chi connectivity index (χ4v) is 3.70. The van der Waals surface area contributed by atoms with Gasteiger partial charge in [0.05, 0.1) is 11.7 Å². The van der Waals surface area contributed by atoms with Crippen molar-refractivity contribution in [3.63, 3.8) is 0 Å². The number of rotatable bonds is 4. The molecule has 0 aliphatic carbocycles. The van der Waals surface area contributed by atoms with E-state index >= 15 is 0 Å². The molecule has 1 aromatic carbocycles. The van der Waals surface area contributed by atoms with Crippen molar-refractivity contribution >= 4 is 22.9 Å². The number of nitrogens with one attached hydrogen (secondary N) is 1. The maximum absolute atomic E-state index is 4.32. The minimum atomic E-state index is 0.0589. The van der Waals surface area contributed by atoms with Gasteiger partial charge in [0, 0.05) is 0 Å². The molecule has 20 heavy (non-hydrogen) atoms. The highest BCUT2D eigenvalue weighted by Gasteiger charge is 2.19. The van der Waals surface area contributed by atoms with Crippen LogP contribution in [-0.2, 0) is 0 Å². The van der Waals surface area contributed by atoms with Crippen molar-refractivity contribution in [1.82, 2.24) is 25.1 Å². The number of aryl methyl sites for hydroxylation is 1. The van der Waals surface area contributed by atoms with Crippen molar-refractivity contribution in [2.45, 2.75) is 13.0 Å². The van der Waals surface area contributed by atoms with Gasteiger partial charge in [-0.15, -0.1) is 15.3 Å². The first-order chi connectivity index (χ1) is 9.79. The number of nitrogens with zero attached hydrogens (tertiary/aromatic N) is 4. The predicted molar refractivity (Wildman–Crippen MR) is 80.9 cm³/mol. The van der Waals surface area contributed by atoms with E-state index in [1.807, 2.05) is 32.2 Å². The van der Waals surface area contributed by atoms with Crippen LogP contribution in [0.4, 0.5) is 0 Å². The monoisotopic (exact) mass is 303 g/mol. The van der Waals surface area contributed by atoms with E-state index < -0.39 is 0 Å². The number of hydrogen-bond donors (Lipinski definition) is 1. The predicted octanol–water partition coefficient (Wildman–Crippen LogP) is 2.67. The van der Waals surface area contributed by atoms with Crippen LogP contribution in [0.25, 0.3) is 9.88 Å². The molecule has 0 saturated heterocycles. The van der Waals surface area contributed by atoms with E-state index in [2.05, 4.69) is 37.2 Å². The number of hydrogen-bond acceptors (Lipinski definition) is 7. The summed E-state index contributed by atoms with van der Waals surface area (Å²) < 4.78 is 3.95. The van der Waals surface area contributed by atoms with Gasteiger partial charge >= 0.3 is 0 Å². The van der Waals surface area contributed by atoms with E-state index in [0.717, 1.165) is 20.6 Å². The molecular weight excluding hydrogens is 290 g/mol. The fraction of sp³-hybridized carbons (Fsp3) is 0.231. The summed E-state index contributed by atoms with van der Waals surface area (Å²) in [5.74, 6) is 0. The van der Waals surface area contributed by atoms with Gasteiger partial charge in [-0.05, 0) is 31.1 Å². The standard InChI is InChI=1S/C13H13N5S2/c1-8-11(20-18-15-8)13-17-16-12(19-13)10(14-2)9-6-4-3-5-7-9/h3-7,10,14H,1-2H3. The summed E-state index contributed by atoms with van der Waals surface area (Å²) in [5, 5.41) is 17.7. The topological polar surface area (TPSA) is 63.6 Å². The molecule has 0 aliphatic heterocycles. The van der Waals surface area contributed by atoms with E-state index in [0.29, 0.717) is 0 Å². The van der Waals surface area contributed by atoms with Crippen LogP contribution in [-0.4, -0.2) is 26.8 Å². The molecule has 0 amide bonds. The minimum Gasteiger partial charge on any atom is -0.307 e. The number of benzene rings is 1. The summed E-state index contributed by atoms with van der Waals surface area (Å²) in [5.41, 5.74) is 2.08. The van der Waals surface area contributed by atoms with Gasteiger partial charge in [0.1, 0.15) is 9.88 Å². The highest BCUT2D eigenvalue weighted by Crippen LogP contribution is 2.32. The second-order valence-electron chi connectivity index (χ2n) is 4.27. The van der Waals surface area contributed by atoms with Crippen LogP contribution in [0, 0.1) is 6.92 Å². The van der Waals surface area contributed by atoms with Crippen molar-refractivity contribution in [2.75, 3.05) is 7.05 Å². The Kier molecular flexibility index (Phi) is 3.81. The van der Waals surface area contributed by atoms with Crippen LogP contribution in [0.2, 0.25) is 0 Å². The van der Waals surface area contributed by atoms with Crippen molar-refractivity contribution in [2.24, 2.45) is 0 Å². The van der Waals surface area contributed by atoms with Crippen LogP contribution in [0.1, 0.15) is 22.3 Å². The van der Waals surface area contributed by atoms with E-state index in [-0.39, 0.29) is 6.04 Å². The molecule has 3 rings (SSSR count). The highest BCUT2D eigenvalue weighted by molar-refractivity contribution is 7.19. The Balaban J connectivity index is 1.95. The third-order valence-electron chi connectivity index (χ3n) is 2.95. The molecule has 0 bridgehead atoms. The van der Waals surface area contributed by atoms with Crippen LogP contribution in [0.5, 0.6) is 0 Å². The largest absolute Gasteiger partial charge is 0.307 e. The molecule has 3 aromatic rings. The van der Waals surface area contributed by atoms with Crippen molar-refractivity contribution < 1.29 is 0 Å². The lowest BCUT2D eigenvalue weighted by atomic mass is 10.1. The first-order valence-corrected chi connectivity index (χ1v) is 7.73. The Labute approximate surface area is 124 Å². The first-order valence-electron chi connectivity index (χ1n) is 6.14. The van der Waals surface area contributed by atoms with Gasteiger partial charge in [-0.1, -0.05) is 46.2 Å². The van der Waals surface area contributed by atoms with Crippen LogP contribution >= 0.6 is 22.9 Å². The average Bonchev–Trinajstić information content (AvgIpc) is 3.10. The molecule has 0 aliphatic rings. The summed E-state index contributed by atoms with van der Waals surface area (Å²) in [6.07, 6.45) is 0. The van der Waals surface area contributed by atoms with Gasteiger partial charge in [0.25, 0.3) is 0 Å². The van der Waals surface area contributed by atoms with E-state index in [1.54, 1.807) is 11.3 Å².